The number of phenols is 1. The molecule has 0 aliphatic carbocycles. The van der Waals surface area contributed by atoms with Crippen LogP contribution in [0.15, 0.2) is 46.1 Å². The van der Waals surface area contributed by atoms with Gasteiger partial charge in [0.25, 0.3) is 0 Å². The molecule has 0 unspecified atom stereocenters. The standard InChI is InChI=1S/C29H31NO8/c1-7-14-10-17-21(19(11-14)35-5)16-12-20(36-6)23-18(31)9-8-15(22(23)27(16)38-29(17)34)28-26(33)24(30(3)4)25(32)13(2)37-28/h7-13,24-26,28,31-33H,1H2,2-6H3/t13-,24-,25-,26+,28-/m1/s1. The predicted molar refractivity (Wildman–Crippen MR) is 145 cm³/mol. The summed E-state index contributed by atoms with van der Waals surface area (Å²) in [5.74, 6) is 0.679. The van der Waals surface area contributed by atoms with Crippen LogP contribution in [0.5, 0.6) is 17.2 Å². The highest BCUT2D eigenvalue weighted by molar-refractivity contribution is 6.19. The van der Waals surface area contributed by atoms with Crippen LogP contribution in [0.4, 0.5) is 0 Å². The van der Waals surface area contributed by atoms with Crippen molar-refractivity contribution >= 4 is 38.6 Å². The van der Waals surface area contributed by atoms with E-state index in [0.29, 0.717) is 49.6 Å². The highest BCUT2D eigenvalue weighted by Crippen LogP contribution is 2.47. The van der Waals surface area contributed by atoms with Gasteiger partial charge in [-0.2, -0.15) is 0 Å². The van der Waals surface area contributed by atoms with Crippen LogP contribution in [0.2, 0.25) is 0 Å². The summed E-state index contributed by atoms with van der Waals surface area (Å²) in [7, 11) is 6.54. The van der Waals surface area contributed by atoms with E-state index >= 15 is 0 Å². The number of phenolic OH excluding ortho intramolecular Hbond substituents is 1. The van der Waals surface area contributed by atoms with Crippen LogP contribution < -0.4 is 15.1 Å². The molecule has 0 spiro atoms. The van der Waals surface area contributed by atoms with Gasteiger partial charge in [-0.15, -0.1) is 0 Å². The molecular formula is C29H31NO8. The van der Waals surface area contributed by atoms with Crippen LogP contribution in [0, 0.1) is 0 Å². The van der Waals surface area contributed by atoms with Crippen molar-refractivity contribution in [1.82, 2.24) is 4.90 Å². The van der Waals surface area contributed by atoms with Gasteiger partial charge < -0.3 is 38.8 Å². The second-order valence-corrected chi connectivity index (χ2v) is 9.82. The first-order valence-electron chi connectivity index (χ1n) is 12.2. The van der Waals surface area contributed by atoms with E-state index in [4.69, 9.17) is 18.6 Å². The topological polar surface area (TPSA) is 122 Å². The van der Waals surface area contributed by atoms with E-state index < -0.39 is 36.1 Å². The monoisotopic (exact) mass is 521 g/mol. The lowest BCUT2D eigenvalue weighted by Gasteiger charge is -2.45. The molecule has 200 valence electrons. The minimum absolute atomic E-state index is 0.0956. The molecule has 38 heavy (non-hydrogen) atoms. The van der Waals surface area contributed by atoms with Crippen LogP contribution >= 0.6 is 0 Å². The Bertz CT molecular complexity index is 1630. The summed E-state index contributed by atoms with van der Waals surface area (Å²) < 4.78 is 23.4. The Morgan fingerprint density at radius 3 is 2.29 bits per heavy atom. The maximum Gasteiger partial charge on any atom is 0.344 e. The fraction of sp³-hybridized carbons (Fsp3) is 0.345. The van der Waals surface area contributed by atoms with Crippen LogP contribution in [0.3, 0.4) is 0 Å². The molecule has 0 amide bonds. The minimum atomic E-state index is -1.14. The number of likely N-dealkylation sites (N-methyl/N-ethyl adjacent to an activating group) is 1. The summed E-state index contributed by atoms with van der Waals surface area (Å²) in [6.45, 7) is 5.52. The molecule has 3 N–H and O–H groups in total. The third-order valence-electron chi connectivity index (χ3n) is 7.45. The van der Waals surface area contributed by atoms with E-state index in [1.54, 1.807) is 56.3 Å². The first kappa shape index (κ1) is 26.0. The molecule has 2 heterocycles. The van der Waals surface area contributed by atoms with Gasteiger partial charge in [0, 0.05) is 16.2 Å². The molecule has 0 bridgehead atoms. The van der Waals surface area contributed by atoms with Gasteiger partial charge in [-0.05, 0) is 56.4 Å². The number of methoxy groups -OCH3 is 2. The molecule has 9 heteroatoms. The van der Waals surface area contributed by atoms with Crippen LogP contribution in [0.25, 0.3) is 38.6 Å². The number of aromatic hydroxyl groups is 1. The van der Waals surface area contributed by atoms with Gasteiger partial charge >= 0.3 is 5.63 Å². The fourth-order valence-electron chi connectivity index (χ4n) is 5.62. The van der Waals surface area contributed by atoms with E-state index in [2.05, 4.69) is 6.58 Å². The molecule has 5 atom stereocenters. The van der Waals surface area contributed by atoms with Crippen molar-refractivity contribution in [3.05, 3.63) is 58.5 Å². The second kappa shape index (κ2) is 9.59. The SMILES string of the molecule is C=Cc1cc(OC)c2c(c1)c(=O)oc1c2cc(OC)c2c(O)ccc([C@H]3O[C@H](C)[C@@H](O)[C@@H](N(C)C)[C@@H]3O)c21. The quantitative estimate of drug-likeness (QED) is 0.267. The molecule has 0 saturated carbocycles. The van der Waals surface area contributed by atoms with Crippen LogP contribution in [-0.2, 0) is 4.74 Å². The van der Waals surface area contributed by atoms with Gasteiger partial charge in [-0.3, -0.25) is 0 Å². The molecule has 9 nitrogen and oxygen atoms in total. The molecule has 3 aromatic carbocycles. The first-order chi connectivity index (χ1) is 18.1. The summed E-state index contributed by atoms with van der Waals surface area (Å²) in [6.07, 6.45) is -1.98. The van der Waals surface area contributed by atoms with E-state index in [1.807, 2.05) is 0 Å². The first-order valence-corrected chi connectivity index (χ1v) is 12.2. The lowest BCUT2D eigenvalue weighted by Crippen LogP contribution is -2.58. The number of rotatable bonds is 5. The number of fused-ring (bicyclic) bond motifs is 5. The van der Waals surface area contributed by atoms with Crippen molar-refractivity contribution < 1.29 is 33.9 Å². The molecule has 1 fully saturated rings. The van der Waals surface area contributed by atoms with E-state index in [-0.39, 0.29) is 11.3 Å². The lowest BCUT2D eigenvalue weighted by molar-refractivity contribution is -0.197. The molecule has 1 aliphatic heterocycles. The van der Waals surface area contributed by atoms with Crippen molar-refractivity contribution in [3.63, 3.8) is 0 Å². The van der Waals surface area contributed by atoms with E-state index in [1.165, 1.54) is 20.3 Å². The molecule has 0 radical (unpaired) electrons. The normalized spacial score (nSPS) is 23.8. The lowest BCUT2D eigenvalue weighted by atomic mass is 9.86. The summed E-state index contributed by atoms with van der Waals surface area (Å²) >= 11 is 0. The van der Waals surface area contributed by atoms with Gasteiger partial charge in [-0.25, -0.2) is 4.79 Å². The number of nitrogens with zero attached hydrogens (tertiary/aromatic N) is 1. The Morgan fingerprint density at radius 2 is 1.66 bits per heavy atom. The van der Waals surface area contributed by atoms with Crippen molar-refractivity contribution in [1.29, 1.82) is 0 Å². The maximum absolute atomic E-state index is 13.3. The zero-order chi connectivity index (χ0) is 27.5. The highest BCUT2D eigenvalue weighted by atomic mass is 16.5. The average Bonchev–Trinajstić information content (AvgIpc) is 2.90. The second-order valence-electron chi connectivity index (χ2n) is 9.82. The number of ether oxygens (including phenoxy) is 3. The molecule has 1 aliphatic rings. The minimum Gasteiger partial charge on any atom is -0.507 e. The Kier molecular flexibility index (Phi) is 6.56. The number of aliphatic hydroxyl groups is 2. The number of benzene rings is 3. The molecule has 4 aromatic rings. The maximum atomic E-state index is 13.3. The van der Waals surface area contributed by atoms with E-state index in [9.17, 15) is 20.1 Å². The molecule has 1 aromatic heterocycles. The summed E-state index contributed by atoms with van der Waals surface area (Å²) in [5.41, 5.74) is 0.747. The predicted octanol–water partition coefficient (Wildman–Crippen LogP) is 3.58. The third-order valence-corrected chi connectivity index (χ3v) is 7.45. The molecule has 1 saturated heterocycles. The Hall–Kier alpha value is -3.63. The third kappa shape index (κ3) is 3.82. The zero-order valence-electron chi connectivity index (χ0n) is 21.9. The van der Waals surface area contributed by atoms with Crippen molar-refractivity contribution in [2.45, 2.75) is 37.4 Å². The molecule has 5 rings (SSSR count). The van der Waals surface area contributed by atoms with E-state index in [0.717, 1.165) is 0 Å². The van der Waals surface area contributed by atoms with Crippen molar-refractivity contribution in [3.8, 4) is 17.2 Å². The van der Waals surface area contributed by atoms with Crippen LogP contribution in [-0.4, -0.2) is 72.9 Å². The van der Waals surface area contributed by atoms with Gasteiger partial charge in [0.05, 0.1) is 43.2 Å². The Balaban J connectivity index is 1.94. The summed E-state index contributed by atoms with van der Waals surface area (Å²) in [5, 5.41) is 35.1. The number of hydrogen-bond acceptors (Lipinski definition) is 9. The van der Waals surface area contributed by atoms with Gasteiger partial charge in [0.1, 0.15) is 35.0 Å². The van der Waals surface area contributed by atoms with Crippen molar-refractivity contribution in [2.75, 3.05) is 28.3 Å². The Labute approximate surface area is 219 Å². The molecular weight excluding hydrogens is 490 g/mol. The average molecular weight is 522 g/mol. The zero-order valence-corrected chi connectivity index (χ0v) is 21.9. The van der Waals surface area contributed by atoms with Crippen molar-refractivity contribution in [2.24, 2.45) is 0 Å². The fourth-order valence-corrected chi connectivity index (χ4v) is 5.62. The van der Waals surface area contributed by atoms with Gasteiger partial charge in [0.15, 0.2) is 0 Å². The Morgan fingerprint density at radius 1 is 0.974 bits per heavy atom. The van der Waals surface area contributed by atoms with Gasteiger partial charge in [0.2, 0.25) is 0 Å². The summed E-state index contributed by atoms with van der Waals surface area (Å²) in [6, 6.07) is 7.62. The number of hydrogen-bond donors (Lipinski definition) is 3. The largest absolute Gasteiger partial charge is 0.507 e. The number of aliphatic hydroxyl groups excluding tert-OH is 2. The van der Waals surface area contributed by atoms with Gasteiger partial charge in [-0.1, -0.05) is 18.7 Å². The highest BCUT2D eigenvalue weighted by Gasteiger charge is 2.45. The van der Waals surface area contributed by atoms with Crippen LogP contribution in [0.1, 0.15) is 24.2 Å². The smallest absolute Gasteiger partial charge is 0.344 e. The summed E-state index contributed by atoms with van der Waals surface area (Å²) in [4.78, 5) is 15.1.